The lowest BCUT2D eigenvalue weighted by molar-refractivity contribution is -0.175. The number of benzene rings is 1. The van der Waals surface area contributed by atoms with Crippen LogP contribution < -0.4 is 5.32 Å². The number of amides is 1. The molecule has 11 heteroatoms. The molecule has 5 nitrogen and oxygen atoms in total. The zero-order valence-corrected chi connectivity index (χ0v) is 11.5. The Bertz CT molecular complexity index is 635. The smallest absolute Gasteiger partial charge is 0.471 e. The molecule has 0 bridgehead atoms. The Balaban J connectivity index is 2.88. The van der Waals surface area contributed by atoms with Crippen LogP contribution in [0, 0.1) is 0 Å². The number of carboxylic acid groups (broad SMARTS) is 1. The van der Waals surface area contributed by atoms with E-state index in [0.717, 1.165) is 24.3 Å². The van der Waals surface area contributed by atoms with Crippen molar-refractivity contribution in [2.45, 2.75) is 24.8 Å². The van der Waals surface area contributed by atoms with Crippen LogP contribution in [0.4, 0.5) is 26.3 Å². The Kier molecular flexibility index (Phi) is 5.58. The van der Waals surface area contributed by atoms with Crippen molar-refractivity contribution in [1.29, 1.82) is 0 Å². The zero-order valence-electron chi connectivity index (χ0n) is 11.5. The molecular formula is C13H9F6NO4. The predicted octanol–water partition coefficient (Wildman–Crippen LogP) is 2.11. The number of nitrogens with one attached hydrogen (secondary N) is 1. The number of carboxylic acids is 1. The second-order valence-electron chi connectivity index (χ2n) is 4.59. The van der Waals surface area contributed by atoms with Gasteiger partial charge in [0.15, 0.2) is 0 Å². The maximum atomic E-state index is 12.2. The molecule has 0 aliphatic heterocycles. The van der Waals surface area contributed by atoms with Crippen LogP contribution in [0.2, 0.25) is 0 Å². The number of halogens is 6. The molecule has 0 aliphatic carbocycles. The number of carbonyl (C=O) groups is 3. The summed E-state index contributed by atoms with van der Waals surface area (Å²) in [6.45, 7) is 0. The molecule has 1 amide bonds. The summed E-state index contributed by atoms with van der Waals surface area (Å²) >= 11 is 0. The minimum atomic E-state index is -5.28. The summed E-state index contributed by atoms with van der Waals surface area (Å²) in [6, 6.07) is 1.48. The van der Waals surface area contributed by atoms with Gasteiger partial charge in [-0.1, -0.05) is 24.3 Å². The van der Waals surface area contributed by atoms with Gasteiger partial charge >= 0.3 is 24.2 Å². The van der Waals surface area contributed by atoms with Gasteiger partial charge in [0.25, 0.3) is 5.78 Å². The van der Waals surface area contributed by atoms with Gasteiger partial charge in [0, 0.05) is 12.0 Å². The van der Waals surface area contributed by atoms with Crippen LogP contribution in [-0.2, 0) is 16.0 Å². The maximum absolute atomic E-state index is 12.2. The minimum Gasteiger partial charge on any atom is -0.480 e. The number of hydrogen-bond acceptors (Lipinski definition) is 3. The van der Waals surface area contributed by atoms with Gasteiger partial charge in [-0.15, -0.1) is 0 Å². The number of aliphatic carboxylic acids is 1. The van der Waals surface area contributed by atoms with Crippen LogP contribution in [-0.4, -0.2) is 41.2 Å². The lowest BCUT2D eigenvalue weighted by Crippen LogP contribution is -2.47. The third-order valence-corrected chi connectivity index (χ3v) is 2.77. The van der Waals surface area contributed by atoms with Crippen molar-refractivity contribution in [3.63, 3.8) is 0 Å². The molecule has 0 aromatic heterocycles. The minimum absolute atomic E-state index is 0.0172. The highest BCUT2D eigenvalue weighted by Gasteiger charge is 2.41. The predicted molar refractivity (Wildman–Crippen MR) is 66.2 cm³/mol. The lowest BCUT2D eigenvalue weighted by atomic mass is 10.0. The second kappa shape index (κ2) is 6.89. The first-order valence-electron chi connectivity index (χ1n) is 6.13. The molecule has 132 valence electrons. The van der Waals surface area contributed by atoms with E-state index in [1.807, 2.05) is 0 Å². The summed E-state index contributed by atoms with van der Waals surface area (Å²) in [4.78, 5) is 32.6. The van der Waals surface area contributed by atoms with Crippen molar-refractivity contribution in [2.75, 3.05) is 0 Å². The Morgan fingerprint density at radius 2 is 1.46 bits per heavy atom. The second-order valence-corrected chi connectivity index (χ2v) is 4.59. The van der Waals surface area contributed by atoms with Crippen molar-refractivity contribution in [2.24, 2.45) is 0 Å². The van der Waals surface area contributed by atoms with Gasteiger partial charge in [-0.3, -0.25) is 9.59 Å². The van der Waals surface area contributed by atoms with E-state index in [-0.39, 0.29) is 5.56 Å². The molecule has 24 heavy (non-hydrogen) atoms. The standard InChI is InChI=1S/C13H9F6NO4/c14-12(15,16)9(21)7-3-1-6(2-4-7)5-8(10(22)23)20-11(24)13(17,18)19/h1-4,8H,5H2,(H,20,24)(H,22,23)/t8-/m1/s1. The van der Waals surface area contributed by atoms with Crippen LogP contribution in [0.3, 0.4) is 0 Å². The molecule has 0 spiro atoms. The fourth-order valence-electron chi connectivity index (χ4n) is 1.63. The molecule has 1 aromatic rings. The Labute approximate surface area is 130 Å². The fraction of sp³-hybridized carbons (Fsp3) is 0.308. The molecule has 0 aliphatic rings. The highest BCUT2D eigenvalue weighted by atomic mass is 19.4. The number of carbonyl (C=O) groups excluding carboxylic acids is 2. The van der Waals surface area contributed by atoms with E-state index < -0.39 is 48.0 Å². The lowest BCUT2D eigenvalue weighted by Gasteiger charge is -2.16. The van der Waals surface area contributed by atoms with E-state index in [9.17, 15) is 40.7 Å². The molecule has 1 rings (SSSR count). The van der Waals surface area contributed by atoms with Gasteiger partial charge in [-0.2, -0.15) is 26.3 Å². The summed E-state index contributed by atoms with van der Waals surface area (Å²) in [5.41, 5.74) is -0.693. The number of rotatable bonds is 5. The zero-order chi connectivity index (χ0) is 18.7. The molecule has 1 aromatic carbocycles. The van der Waals surface area contributed by atoms with Gasteiger partial charge in [-0.25, -0.2) is 4.79 Å². The highest BCUT2D eigenvalue weighted by Crippen LogP contribution is 2.22. The number of hydrogen-bond donors (Lipinski definition) is 2. The monoisotopic (exact) mass is 357 g/mol. The van der Waals surface area contributed by atoms with E-state index in [1.54, 1.807) is 0 Å². The molecule has 0 radical (unpaired) electrons. The summed E-state index contributed by atoms with van der Waals surface area (Å²) < 4.78 is 73.0. The van der Waals surface area contributed by atoms with E-state index in [2.05, 4.69) is 0 Å². The fourth-order valence-corrected chi connectivity index (χ4v) is 1.63. The van der Waals surface area contributed by atoms with Crippen molar-refractivity contribution in [3.8, 4) is 0 Å². The van der Waals surface area contributed by atoms with Crippen molar-refractivity contribution in [3.05, 3.63) is 35.4 Å². The molecule has 0 saturated carbocycles. The molecule has 2 N–H and O–H groups in total. The normalized spacial score (nSPS) is 13.2. The molecule has 0 heterocycles. The van der Waals surface area contributed by atoms with E-state index >= 15 is 0 Å². The number of ketones is 1. The van der Waals surface area contributed by atoms with Gasteiger partial charge in [0.2, 0.25) is 0 Å². The summed E-state index contributed by atoms with van der Waals surface area (Å²) in [7, 11) is 0. The summed E-state index contributed by atoms with van der Waals surface area (Å²) in [5.74, 6) is -6.34. The van der Waals surface area contributed by atoms with Crippen LogP contribution >= 0.6 is 0 Å². The van der Waals surface area contributed by atoms with Crippen molar-refractivity contribution in [1.82, 2.24) is 5.32 Å². The first kappa shape index (κ1) is 19.5. The van der Waals surface area contributed by atoms with Crippen molar-refractivity contribution >= 4 is 17.7 Å². The van der Waals surface area contributed by atoms with E-state index in [4.69, 9.17) is 5.11 Å². The number of alkyl halides is 6. The van der Waals surface area contributed by atoms with E-state index in [0.29, 0.717) is 0 Å². The average Bonchev–Trinajstić information content (AvgIpc) is 2.44. The first-order valence-corrected chi connectivity index (χ1v) is 6.13. The third kappa shape index (κ3) is 5.25. The maximum Gasteiger partial charge on any atom is 0.471 e. The van der Waals surface area contributed by atoms with Gasteiger partial charge in [0.1, 0.15) is 6.04 Å². The molecular weight excluding hydrogens is 348 g/mol. The quantitative estimate of drug-likeness (QED) is 0.625. The van der Waals surface area contributed by atoms with E-state index in [1.165, 1.54) is 5.32 Å². The summed E-state index contributed by atoms with van der Waals surface area (Å²) in [5, 5.41) is 10.1. The van der Waals surface area contributed by atoms with Crippen LogP contribution in [0.5, 0.6) is 0 Å². The summed E-state index contributed by atoms with van der Waals surface area (Å²) in [6.07, 6.45) is -11.0. The van der Waals surface area contributed by atoms with Crippen molar-refractivity contribution < 1.29 is 45.8 Å². The van der Waals surface area contributed by atoms with Gasteiger partial charge < -0.3 is 10.4 Å². The van der Waals surface area contributed by atoms with Crippen LogP contribution in [0.15, 0.2) is 24.3 Å². The van der Waals surface area contributed by atoms with Crippen LogP contribution in [0.1, 0.15) is 15.9 Å². The SMILES string of the molecule is O=C(O)[C@@H](Cc1ccc(C(=O)C(F)(F)F)cc1)NC(=O)C(F)(F)F. The first-order chi connectivity index (χ1) is 10.8. The average molecular weight is 357 g/mol. The third-order valence-electron chi connectivity index (χ3n) is 2.77. The van der Waals surface area contributed by atoms with Gasteiger partial charge in [-0.05, 0) is 5.56 Å². The molecule has 0 fully saturated rings. The molecule has 1 atom stereocenters. The Hall–Kier alpha value is -2.59. The molecule has 0 unspecified atom stereocenters. The topological polar surface area (TPSA) is 83.5 Å². The Morgan fingerprint density at radius 1 is 0.958 bits per heavy atom. The van der Waals surface area contributed by atoms with Crippen LogP contribution in [0.25, 0.3) is 0 Å². The highest BCUT2D eigenvalue weighted by molar-refractivity contribution is 6.00. The largest absolute Gasteiger partial charge is 0.480 e. The Morgan fingerprint density at radius 3 is 1.83 bits per heavy atom. The van der Waals surface area contributed by atoms with Gasteiger partial charge in [0.05, 0.1) is 0 Å². The molecule has 0 saturated heterocycles. The number of Topliss-reactive ketones (excluding diaryl/α,β-unsaturated/α-hetero) is 1.